The van der Waals surface area contributed by atoms with E-state index in [9.17, 15) is 22.4 Å². The van der Waals surface area contributed by atoms with Crippen molar-refractivity contribution >= 4 is 5.97 Å². The number of carboxylic acids is 1. The summed E-state index contributed by atoms with van der Waals surface area (Å²) in [5.74, 6) is -3.19. The maximum atomic E-state index is 13.7. The van der Waals surface area contributed by atoms with Gasteiger partial charge in [-0.25, -0.2) is 4.39 Å². The van der Waals surface area contributed by atoms with Crippen LogP contribution in [0.4, 0.5) is 17.6 Å². The van der Waals surface area contributed by atoms with Gasteiger partial charge in [-0.15, -0.1) is 0 Å². The molecule has 20 heavy (non-hydrogen) atoms. The van der Waals surface area contributed by atoms with Crippen molar-refractivity contribution in [3.63, 3.8) is 0 Å². The van der Waals surface area contributed by atoms with Gasteiger partial charge in [0, 0.05) is 18.5 Å². The molecule has 1 heterocycles. The highest BCUT2D eigenvalue weighted by atomic mass is 19.4. The van der Waals surface area contributed by atoms with E-state index >= 15 is 0 Å². The molecule has 0 spiro atoms. The first-order valence-electron chi connectivity index (χ1n) is 6.16. The van der Waals surface area contributed by atoms with Gasteiger partial charge < -0.3 is 5.11 Å². The number of alkyl halides is 3. The molecule has 2 rings (SSSR count). The summed E-state index contributed by atoms with van der Waals surface area (Å²) < 4.78 is 53.3. The Balaban J connectivity index is 2.36. The molecule has 1 unspecified atom stereocenters. The average molecular weight is 291 g/mol. The zero-order chi connectivity index (χ0) is 15.0. The zero-order valence-electron chi connectivity index (χ0n) is 10.5. The third kappa shape index (κ3) is 2.62. The van der Waals surface area contributed by atoms with Crippen LogP contribution in [0.5, 0.6) is 0 Å². The van der Waals surface area contributed by atoms with Gasteiger partial charge in [0.15, 0.2) is 0 Å². The summed E-state index contributed by atoms with van der Waals surface area (Å²) in [5, 5.41) is 8.68. The number of aliphatic carboxylic acids is 1. The lowest BCUT2D eigenvalue weighted by molar-refractivity contribution is -0.195. The molecular weight excluding hydrogens is 278 g/mol. The summed E-state index contributed by atoms with van der Waals surface area (Å²) in [6, 6.07) is 1.20. The minimum Gasteiger partial charge on any atom is -0.481 e. The fraction of sp³-hybridized carbons (Fsp3) is 0.538. The second-order valence-electron chi connectivity index (χ2n) is 5.04. The largest absolute Gasteiger partial charge is 0.481 e. The van der Waals surface area contributed by atoms with E-state index in [1.807, 2.05) is 0 Å². The summed E-state index contributed by atoms with van der Waals surface area (Å²) in [6.07, 6.45) is -3.24. The summed E-state index contributed by atoms with van der Waals surface area (Å²) in [4.78, 5) is 14.1. The number of aromatic nitrogens is 1. The molecule has 110 valence electrons. The van der Waals surface area contributed by atoms with E-state index in [0.29, 0.717) is 0 Å². The third-order valence-corrected chi connectivity index (χ3v) is 3.85. The van der Waals surface area contributed by atoms with E-state index in [4.69, 9.17) is 5.11 Å². The molecule has 0 aromatic carbocycles. The Labute approximate surface area is 112 Å². The van der Waals surface area contributed by atoms with Gasteiger partial charge >= 0.3 is 12.1 Å². The standard InChI is InChI=1S/C13H13F4NO2/c14-10-7-18-6-3-8(10)9(1-2-11(19)20)12(4-5-12)13(15,16)17/h3,6-7,9H,1-2,4-5H2,(H,19,20). The van der Waals surface area contributed by atoms with Gasteiger partial charge in [0.05, 0.1) is 11.6 Å². The fourth-order valence-electron chi connectivity index (χ4n) is 2.63. The SMILES string of the molecule is O=C(O)CCC(c1ccncc1F)C1(C(F)(F)F)CC1. The second kappa shape index (κ2) is 5.03. The molecule has 1 atom stereocenters. The van der Waals surface area contributed by atoms with Gasteiger partial charge in [0.1, 0.15) is 5.82 Å². The van der Waals surface area contributed by atoms with Gasteiger partial charge in [-0.3, -0.25) is 9.78 Å². The van der Waals surface area contributed by atoms with Gasteiger partial charge in [0.2, 0.25) is 0 Å². The van der Waals surface area contributed by atoms with Crippen LogP contribution >= 0.6 is 0 Å². The molecule has 1 saturated carbocycles. The molecule has 1 aromatic heterocycles. The number of rotatable bonds is 5. The van der Waals surface area contributed by atoms with E-state index in [1.54, 1.807) is 0 Å². The average Bonchev–Trinajstić information content (AvgIpc) is 3.12. The summed E-state index contributed by atoms with van der Waals surface area (Å²) in [6.45, 7) is 0. The Morgan fingerprint density at radius 2 is 2.10 bits per heavy atom. The highest BCUT2D eigenvalue weighted by molar-refractivity contribution is 5.66. The van der Waals surface area contributed by atoms with Gasteiger partial charge in [-0.2, -0.15) is 13.2 Å². The van der Waals surface area contributed by atoms with Crippen molar-refractivity contribution in [2.75, 3.05) is 0 Å². The number of hydrogen-bond acceptors (Lipinski definition) is 2. The lowest BCUT2D eigenvalue weighted by atomic mass is 9.79. The number of pyridine rings is 1. The molecule has 7 heteroatoms. The van der Waals surface area contributed by atoms with Crippen LogP contribution in [0.1, 0.15) is 37.2 Å². The minimum atomic E-state index is -4.47. The first-order valence-corrected chi connectivity index (χ1v) is 6.16. The van der Waals surface area contributed by atoms with Gasteiger partial charge in [-0.1, -0.05) is 0 Å². The van der Waals surface area contributed by atoms with Crippen molar-refractivity contribution in [3.05, 3.63) is 29.8 Å². The van der Waals surface area contributed by atoms with Crippen LogP contribution in [-0.2, 0) is 4.79 Å². The Hall–Kier alpha value is -1.66. The smallest absolute Gasteiger partial charge is 0.395 e. The first-order chi connectivity index (χ1) is 9.28. The Morgan fingerprint density at radius 3 is 2.55 bits per heavy atom. The predicted molar refractivity (Wildman–Crippen MR) is 61.5 cm³/mol. The van der Waals surface area contributed by atoms with Crippen molar-refractivity contribution < 1.29 is 27.5 Å². The van der Waals surface area contributed by atoms with Crippen molar-refractivity contribution in [3.8, 4) is 0 Å². The molecule has 0 aliphatic heterocycles. The van der Waals surface area contributed by atoms with Crippen LogP contribution in [-0.4, -0.2) is 22.2 Å². The lowest BCUT2D eigenvalue weighted by Gasteiger charge is -2.29. The first kappa shape index (κ1) is 14.7. The van der Waals surface area contributed by atoms with Crippen molar-refractivity contribution in [1.29, 1.82) is 0 Å². The number of halogens is 4. The number of nitrogens with zero attached hydrogens (tertiary/aromatic N) is 1. The molecule has 0 saturated heterocycles. The maximum absolute atomic E-state index is 13.7. The molecule has 1 N–H and O–H groups in total. The normalized spacial score (nSPS) is 18.6. The summed E-state index contributed by atoms with van der Waals surface area (Å²) >= 11 is 0. The van der Waals surface area contributed by atoms with Crippen LogP contribution in [0.3, 0.4) is 0 Å². The third-order valence-electron chi connectivity index (χ3n) is 3.85. The Morgan fingerprint density at radius 1 is 1.45 bits per heavy atom. The van der Waals surface area contributed by atoms with Crippen LogP contribution in [0.25, 0.3) is 0 Å². The molecule has 1 aliphatic carbocycles. The quantitative estimate of drug-likeness (QED) is 0.845. The minimum absolute atomic E-state index is 0.0947. The number of carboxylic acid groups (broad SMARTS) is 1. The predicted octanol–water partition coefficient (Wildman–Crippen LogP) is 3.51. The molecule has 1 fully saturated rings. The topological polar surface area (TPSA) is 50.2 Å². The number of hydrogen-bond donors (Lipinski definition) is 1. The summed E-state index contributed by atoms with van der Waals surface area (Å²) in [5.41, 5.74) is -2.10. The van der Waals surface area contributed by atoms with E-state index in [2.05, 4.69) is 4.98 Å². The fourth-order valence-corrected chi connectivity index (χ4v) is 2.63. The molecule has 0 radical (unpaired) electrons. The highest BCUT2D eigenvalue weighted by Crippen LogP contribution is 2.66. The monoisotopic (exact) mass is 291 g/mol. The molecule has 0 amide bonds. The zero-order valence-corrected chi connectivity index (χ0v) is 10.5. The molecule has 1 aromatic rings. The maximum Gasteiger partial charge on any atom is 0.395 e. The number of carbonyl (C=O) groups is 1. The Bertz CT molecular complexity index is 511. The van der Waals surface area contributed by atoms with Crippen molar-refractivity contribution in [2.24, 2.45) is 5.41 Å². The molecule has 3 nitrogen and oxygen atoms in total. The van der Waals surface area contributed by atoms with Crippen LogP contribution in [0, 0.1) is 11.2 Å². The second-order valence-corrected chi connectivity index (χ2v) is 5.04. The Kier molecular flexibility index (Phi) is 3.71. The molecule has 1 aliphatic rings. The van der Waals surface area contributed by atoms with Crippen LogP contribution < -0.4 is 0 Å². The van der Waals surface area contributed by atoms with Gasteiger partial charge in [-0.05, 0) is 30.9 Å². The van der Waals surface area contributed by atoms with E-state index in [-0.39, 0.29) is 24.8 Å². The molecular formula is C13H13F4NO2. The van der Waals surface area contributed by atoms with E-state index < -0.39 is 35.7 Å². The summed E-state index contributed by atoms with van der Waals surface area (Å²) in [7, 11) is 0. The highest BCUT2D eigenvalue weighted by Gasteiger charge is 2.67. The van der Waals surface area contributed by atoms with Crippen LogP contribution in [0.15, 0.2) is 18.5 Å². The van der Waals surface area contributed by atoms with Crippen molar-refractivity contribution in [1.82, 2.24) is 4.98 Å². The molecule has 0 bridgehead atoms. The van der Waals surface area contributed by atoms with E-state index in [1.165, 1.54) is 12.3 Å². The lowest BCUT2D eigenvalue weighted by Crippen LogP contribution is -2.32. The van der Waals surface area contributed by atoms with Gasteiger partial charge in [0.25, 0.3) is 0 Å². The van der Waals surface area contributed by atoms with E-state index in [0.717, 1.165) is 6.20 Å². The van der Waals surface area contributed by atoms with Crippen LogP contribution in [0.2, 0.25) is 0 Å². The van der Waals surface area contributed by atoms with Crippen molar-refractivity contribution in [2.45, 2.75) is 37.8 Å².